The monoisotopic (exact) mass is 396 g/mol. The van der Waals surface area contributed by atoms with Crippen LogP contribution in [0.2, 0.25) is 0 Å². The minimum Gasteiger partial charge on any atom is -0.459 e. The van der Waals surface area contributed by atoms with Gasteiger partial charge in [-0.3, -0.25) is 9.78 Å². The zero-order chi connectivity index (χ0) is 19.5. The Balaban J connectivity index is 1.76. The lowest BCUT2D eigenvalue weighted by atomic mass is 9.94. The molecule has 2 N–H and O–H groups in total. The van der Waals surface area contributed by atoms with Crippen molar-refractivity contribution in [2.24, 2.45) is 0 Å². The summed E-state index contributed by atoms with van der Waals surface area (Å²) in [7, 11) is 0. The highest BCUT2D eigenvalue weighted by molar-refractivity contribution is 7.16. The van der Waals surface area contributed by atoms with Crippen LogP contribution in [-0.4, -0.2) is 24.0 Å². The quantitative estimate of drug-likeness (QED) is 0.690. The van der Waals surface area contributed by atoms with Gasteiger partial charge in [0.1, 0.15) is 11.0 Å². The molecule has 1 aliphatic rings. The fraction of sp³-hybridized carbons (Fsp3) is 0.364. The number of amides is 1. The maximum Gasteiger partial charge on any atom is 0.291 e. The number of nitrogens with zero attached hydrogens (tertiary/aromatic N) is 1. The van der Waals surface area contributed by atoms with Crippen molar-refractivity contribution in [3.63, 3.8) is 0 Å². The van der Waals surface area contributed by atoms with Gasteiger partial charge in [-0.15, -0.1) is 11.3 Å². The smallest absolute Gasteiger partial charge is 0.291 e. The average molecular weight is 397 g/mol. The number of pyridine rings is 1. The van der Waals surface area contributed by atoms with Gasteiger partial charge in [-0.2, -0.15) is 0 Å². The minimum absolute atomic E-state index is 0.172. The largest absolute Gasteiger partial charge is 0.459 e. The summed E-state index contributed by atoms with van der Waals surface area (Å²) in [5.74, 6) is 0.129. The Bertz CT molecular complexity index is 928. The van der Waals surface area contributed by atoms with E-state index in [0.29, 0.717) is 5.76 Å². The van der Waals surface area contributed by atoms with Crippen LogP contribution in [0.15, 0.2) is 47.3 Å². The molecule has 0 unspecified atom stereocenters. The van der Waals surface area contributed by atoms with E-state index in [9.17, 15) is 4.79 Å². The van der Waals surface area contributed by atoms with Crippen molar-refractivity contribution in [2.45, 2.75) is 39.2 Å². The normalized spacial score (nSPS) is 16.1. The molecule has 0 bridgehead atoms. The number of aryl methyl sites for hydroxylation is 1. The fourth-order valence-corrected chi connectivity index (χ4v) is 5.20. The second-order valence-corrected chi connectivity index (χ2v) is 8.62. The second-order valence-electron chi connectivity index (χ2n) is 7.40. The first-order valence-corrected chi connectivity index (χ1v) is 10.7. The number of hydrogen-bond donors (Lipinski definition) is 2. The number of nitrogens with one attached hydrogen (secondary N) is 2. The van der Waals surface area contributed by atoms with Crippen LogP contribution in [-0.2, 0) is 0 Å². The molecule has 1 atom stereocenters. The Morgan fingerprint density at radius 1 is 1.21 bits per heavy atom. The Morgan fingerprint density at radius 3 is 2.71 bits per heavy atom. The van der Waals surface area contributed by atoms with Gasteiger partial charge in [-0.05, 0) is 62.9 Å². The Kier molecular flexibility index (Phi) is 5.59. The molecule has 0 spiro atoms. The molecule has 1 aliphatic heterocycles. The van der Waals surface area contributed by atoms with Gasteiger partial charge in [0.15, 0.2) is 5.76 Å². The zero-order valence-electron chi connectivity index (χ0n) is 16.3. The van der Waals surface area contributed by atoms with Crippen LogP contribution in [0.4, 0.5) is 5.00 Å². The van der Waals surface area contributed by atoms with Gasteiger partial charge in [0, 0.05) is 22.8 Å². The van der Waals surface area contributed by atoms with Crippen molar-refractivity contribution in [3.05, 3.63) is 70.3 Å². The van der Waals surface area contributed by atoms with E-state index in [-0.39, 0.29) is 11.9 Å². The molecule has 1 saturated heterocycles. The lowest BCUT2D eigenvalue weighted by molar-refractivity contribution is -0.930. The number of carbonyl (C=O) groups is 1. The summed E-state index contributed by atoms with van der Waals surface area (Å²) in [6, 6.07) is 7.75. The highest BCUT2D eigenvalue weighted by atomic mass is 32.1. The standard InChI is InChI=1S/C22H25N3O2S/c1-15-16(2)28-22(24-21(26)18-9-7-13-27-18)19(15)20(17-8-6-10-23-14-17)25-11-4-3-5-12-25/h6-10,13-14,20H,3-5,11-12H2,1-2H3,(H,24,26)/p+1/t20-/m1/s1. The summed E-state index contributed by atoms with van der Waals surface area (Å²) in [6.07, 6.45) is 9.09. The third-order valence-corrected chi connectivity index (χ3v) is 6.75. The first-order valence-electron chi connectivity index (χ1n) is 9.84. The lowest BCUT2D eigenvalue weighted by Gasteiger charge is -2.32. The molecule has 4 rings (SSSR count). The first kappa shape index (κ1) is 18.9. The third kappa shape index (κ3) is 3.75. The summed E-state index contributed by atoms with van der Waals surface area (Å²) in [6.45, 7) is 6.56. The SMILES string of the molecule is Cc1sc(NC(=O)c2ccco2)c([C@@H](c2cccnc2)[NH+]2CCCCC2)c1C. The molecule has 5 nitrogen and oxygen atoms in total. The van der Waals surface area contributed by atoms with Gasteiger partial charge in [-0.1, -0.05) is 0 Å². The zero-order valence-corrected chi connectivity index (χ0v) is 17.1. The molecule has 3 aromatic rings. The maximum absolute atomic E-state index is 12.7. The van der Waals surface area contributed by atoms with Gasteiger partial charge in [0.2, 0.25) is 0 Å². The number of quaternary nitrogens is 1. The van der Waals surface area contributed by atoms with Gasteiger partial charge < -0.3 is 14.6 Å². The summed E-state index contributed by atoms with van der Waals surface area (Å²) in [5.41, 5.74) is 3.67. The molecular formula is C22H26N3O2S+. The summed E-state index contributed by atoms with van der Waals surface area (Å²) in [5, 5.41) is 4.04. The van der Waals surface area contributed by atoms with Crippen molar-refractivity contribution < 1.29 is 14.1 Å². The van der Waals surface area contributed by atoms with Crippen LogP contribution in [0, 0.1) is 13.8 Å². The second kappa shape index (κ2) is 8.29. The topological polar surface area (TPSA) is 59.6 Å². The molecule has 0 aliphatic carbocycles. The van der Waals surface area contributed by atoms with Crippen molar-refractivity contribution >= 4 is 22.2 Å². The number of thiophene rings is 1. The van der Waals surface area contributed by atoms with E-state index in [1.807, 2.05) is 18.5 Å². The molecule has 0 aromatic carbocycles. The molecule has 28 heavy (non-hydrogen) atoms. The van der Waals surface area contributed by atoms with E-state index in [0.717, 1.165) is 18.1 Å². The molecule has 146 valence electrons. The number of carbonyl (C=O) groups excluding carboxylic acids is 1. The van der Waals surface area contributed by atoms with Gasteiger partial charge in [0.05, 0.1) is 24.9 Å². The number of likely N-dealkylation sites (tertiary alicyclic amines) is 1. The number of aromatic nitrogens is 1. The van der Waals surface area contributed by atoms with Crippen molar-refractivity contribution in [1.29, 1.82) is 0 Å². The van der Waals surface area contributed by atoms with Crippen molar-refractivity contribution in [2.75, 3.05) is 18.4 Å². The molecule has 6 heteroatoms. The number of hydrogen-bond acceptors (Lipinski definition) is 4. The van der Waals surface area contributed by atoms with Gasteiger partial charge >= 0.3 is 0 Å². The molecule has 1 fully saturated rings. The van der Waals surface area contributed by atoms with E-state index in [4.69, 9.17) is 4.42 Å². The lowest BCUT2D eigenvalue weighted by Crippen LogP contribution is -3.13. The van der Waals surface area contributed by atoms with Crippen molar-refractivity contribution in [3.8, 4) is 0 Å². The highest BCUT2D eigenvalue weighted by Crippen LogP contribution is 2.38. The van der Waals surface area contributed by atoms with E-state index in [1.165, 1.54) is 47.1 Å². The maximum atomic E-state index is 12.7. The summed E-state index contributed by atoms with van der Waals surface area (Å²) in [4.78, 5) is 19.8. The fourth-order valence-electron chi connectivity index (χ4n) is 4.11. The van der Waals surface area contributed by atoms with Crippen LogP contribution in [0.25, 0.3) is 0 Å². The molecular weight excluding hydrogens is 370 g/mol. The Hall–Kier alpha value is -2.44. The minimum atomic E-state index is -0.203. The van der Waals surface area contributed by atoms with E-state index < -0.39 is 0 Å². The third-order valence-electron chi connectivity index (χ3n) is 5.61. The predicted octanol–water partition coefficient (Wildman–Crippen LogP) is 3.76. The van der Waals surface area contributed by atoms with Gasteiger partial charge in [0.25, 0.3) is 5.91 Å². The van der Waals surface area contributed by atoms with E-state index >= 15 is 0 Å². The summed E-state index contributed by atoms with van der Waals surface area (Å²) < 4.78 is 5.28. The van der Waals surface area contributed by atoms with E-state index in [1.54, 1.807) is 28.4 Å². The predicted molar refractivity (Wildman–Crippen MR) is 111 cm³/mol. The number of anilines is 1. The molecule has 1 amide bonds. The van der Waals surface area contributed by atoms with Crippen LogP contribution in [0.5, 0.6) is 0 Å². The Morgan fingerprint density at radius 2 is 2.04 bits per heavy atom. The molecule has 0 radical (unpaired) electrons. The number of rotatable bonds is 5. The van der Waals surface area contributed by atoms with Crippen LogP contribution in [0.3, 0.4) is 0 Å². The van der Waals surface area contributed by atoms with Gasteiger partial charge in [-0.25, -0.2) is 0 Å². The number of piperidine rings is 1. The van der Waals surface area contributed by atoms with Crippen LogP contribution >= 0.6 is 11.3 Å². The van der Waals surface area contributed by atoms with Crippen LogP contribution in [0.1, 0.15) is 57.4 Å². The molecule has 4 heterocycles. The first-order chi connectivity index (χ1) is 13.6. The van der Waals surface area contributed by atoms with Crippen molar-refractivity contribution in [1.82, 2.24) is 4.98 Å². The summed E-state index contributed by atoms with van der Waals surface area (Å²) >= 11 is 1.65. The van der Waals surface area contributed by atoms with Crippen LogP contribution < -0.4 is 10.2 Å². The Labute approximate surface area is 169 Å². The molecule has 3 aromatic heterocycles. The molecule has 0 saturated carbocycles. The average Bonchev–Trinajstić information content (AvgIpc) is 3.35. The van der Waals surface area contributed by atoms with E-state index in [2.05, 4.69) is 30.2 Å². The highest BCUT2D eigenvalue weighted by Gasteiger charge is 2.33. The number of furan rings is 1.